The number of amides is 2. The lowest BCUT2D eigenvalue weighted by molar-refractivity contribution is -0.124. The Morgan fingerprint density at radius 3 is 2.50 bits per heavy atom. The minimum atomic E-state index is -0.578. The highest BCUT2D eigenvalue weighted by molar-refractivity contribution is 7.12. The Balaban J connectivity index is 2.64. The van der Waals surface area contributed by atoms with E-state index in [4.69, 9.17) is 5.11 Å². The number of hydrogen-bond acceptors (Lipinski definition) is 4. The standard InChI is InChI=1S/C14H22N2O3S/c1-9(2)12(14(19)15-10(3)6-7-17)16-13(18)11-5-4-8-20-11/h4-5,8-10,12,17H,6-7H2,1-3H3,(H,15,19)(H,16,18). The molecule has 0 fully saturated rings. The van der Waals surface area contributed by atoms with E-state index in [0.29, 0.717) is 11.3 Å². The van der Waals surface area contributed by atoms with Crippen molar-refractivity contribution in [3.63, 3.8) is 0 Å². The molecule has 1 aromatic rings. The van der Waals surface area contributed by atoms with Crippen LogP contribution in [0.5, 0.6) is 0 Å². The molecule has 0 radical (unpaired) electrons. The van der Waals surface area contributed by atoms with Crippen molar-refractivity contribution in [1.82, 2.24) is 10.6 Å². The summed E-state index contributed by atoms with van der Waals surface area (Å²) in [6.07, 6.45) is 0.495. The quantitative estimate of drug-likeness (QED) is 0.712. The van der Waals surface area contributed by atoms with Crippen molar-refractivity contribution in [1.29, 1.82) is 0 Å². The molecule has 0 aromatic carbocycles. The largest absolute Gasteiger partial charge is 0.396 e. The number of thiophene rings is 1. The molecule has 1 rings (SSSR count). The summed E-state index contributed by atoms with van der Waals surface area (Å²) in [5, 5.41) is 16.2. The number of hydrogen-bond donors (Lipinski definition) is 3. The van der Waals surface area contributed by atoms with E-state index in [1.807, 2.05) is 26.2 Å². The van der Waals surface area contributed by atoms with Gasteiger partial charge in [0.25, 0.3) is 5.91 Å². The van der Waals surface area contributed by atoms with E-state index in [1.54, 1.807) is 12.1 Å². The van der Waals surface area contributed by atoms with Crippen LogP contribution >= 0.6 is 11.3 Å². The molecule has 3 N–H and O–H groups in total. The number of aliphatic hydroxyl groups excluding tert-OH is 1. The van der Waals surface area contributed by atoms with Crippen LogP contribution in [0.15, 0.2) is 17.5 Å². The number of nitrogens with one attached hydrogen (secondary N) is 2. The lowest BCUT2D eigenvalue weighted by atomic mass is 10.0. The smallest absolute Gasteiger partial charge is 0.262 e. The van der Waals surface area contributed by atoms with Gasteiger partial charge in [0, 0.05) is 12.6 Å². The van der Waals surface area contributed by atoms with Crippen molar-refractivity contribution in [3.8, 4) is 0 Å². The van der Waals surface area contributed by atoms with E-state index >= 15 is 0 Å². The van der Waals surface area contributed by atoms with Gasteiger partial charge >= 0.3 is 0 Å². The zero-order valence-corrected chi connectivity index (χ0v) is 12.9. The van der Waals surface area contributed by atoms with Crippen LogP contribution < -0.4 is 10.6 Å². The predicted octanol–water partition coefficient (Wildman–Crippen LogP) is 1.39. The molecule has 5 nitrogen and oxygen atoms in total. The molecular formula is C14H22N2O3S. The van der Waals surface area contributed by atoms with Gasteiger partial charge in [0.15, 0.2) is 0 Å². The summed E-state index contributed by atoms with van der Waals surface area (Å²) in [7, 11) is 0. The summed E-state index contributed by atoms with van der Waals surface area (Å²) >= 11 is 1.34. The van der Waals surface area contributed by atoms with Gasteiger partial charge in [-0.2, -0.15) is 0 Å². The van der Waals surface area contributed by atoms with E-state index in [-0.39, 0.29) is 30.4 Å². The molecule has 2 unspecified atom stereocenters. The van der Waals surface area contributed by atoms with Crippen molar-refractivity contribution in [2.75, 3.05) is 6.61 Å². The fraction of sp³-hybridized carbons (Fsp3) is 0.571. The fourth-order valence-corrected chi connectivity index (χ4v) is 2.38. The van der Waals surface area contributed by atoms with Gasteiger partial charge in [-0.3, -0.25) is 9.59 Å². The van der Waals surface area contributed by atoms with Crippen LogP contribution in [0.1, 0.15) is 36.9 Å². The lowest BCUT2D eigenvalue weighted by Gasteiger charge is -2.23. The Morgan fingerprint density at radius 1 is 1.30 bits per heavy atom. The van der Waals surface area contributed by atoms with Crippen molar-refractivity contribution in [2.45, 2.75) is 39.3 Å². The van der Waals surface area contributed by atoms with Crippen LogP contribution in [0.3, 0.4) is 0 Å². The first-order valence-corrected chi connectivity index (χ1v) is 7.59. The fourth-order valence-electron chi connectivity index (χ4n) is 1.75. The second-order valence-corrected chi connectivity index (χ2v) is 6.04. The summed E-state index contributed by atoms with van der Waals surface area (Å²) in [6.45, 7) is 5.62. The summed E-state index contributed by atoms with van der Waals surface area (Å²) < 4.78 is 0. The molecule has 0 aliphatic rings. The van der Waals surface area contributed by atoms with Gasteiger partial charge in [-0.25, -0.2) is 0 Å². The van der Waals surface area contributed by atoms with Crippen LogP contribution in [-0.2, 0) is 4.79 Å². The molecule has 0 saturated carbocycles. The summed E-state index contributed by atoms with van der Waals surface area (Å²) in [6, 6.07) is 2.83. The van der Waals surface area contributed by atoms with Gasteiger partial charge in [-0.05, 0) is 30.7 Å². The minimum Gasteiger partial charge on any atom is -0.396 e. The van der Waals surface area contributed by atoms with Crippen LogP contribution in [0.4, 0.5) is 0 Å². The maximum atomic E-state index is 12.2. The van der Waals surface area contributed by atoms with Crippen molar-refractivity contribution in [2.24, 2.45) is 5.92 Å². The van der Waals surface area contributed by atoms with E-state index in [9.17, 15) is 9.59 Å². The van der Waals surface area contributed by atoms with Gasteiger partial charge < -0.3 is 15.7 Å². The Kier molecular flexibility index (Phi) is 6.67. The van der Waals surface area contributed by atoms with Crippen molar-refractivity contribution < 1.29 is 14.7 Å². The zero-order valence-electron chi connectivity index (χ0n) is 12.1. The van der Waals surface area contributed by atoms with E-state index in [1.165, 1.54) is 11.3 Å². The average Bonchev–Trinajstić information content (AvgIpc) is 2.89. The molecule has 0 aliphatic carbocycles. The zero-order chi connectivity index (χ0) is 15.1. The van der Waals surface area contributed by atoms with E-state index < -0.39 is 6.04 Å². The molecule has 0 aliphatic heterocycles. The van der Waals surface area contributed by atoms with Gasteiger partial charge in [0.05, 0.1) is 4.88 Å². The SMILES string of the molecule is CC(CCO)NC(=O)C(NC(=O)c1cccs1)C(C)C. The maximum absolute atomic E-state index is 12.2. The van der Waals surface area contributed by atoms with E-state index in [0.717, 1.165) is 0 Å². The first-order chi connectivity index (χ1) is 9.45. The van der Waals surface area contributed by atoms with Gasteiger partial charge in [0.1, 0.15) is 6.04 Å². The Morgan fingerprint density at radius 2 is 2.00 bits per heavy atom. The molecule has 0 spiro atoms. The molecule has 112 valence electrons. The first-order valence-electron chi connectivity index (χ1n) is 6.71. The molecule has 2 atom stereocenters. The highest BCUT2D eigenvalue weighted by Crippen LogP contribution is 2.10. The van der Waals surface area contributed by atoms with Gasteiger partial charge in [-0.1, -0.05) is 19.9 Å². The third-order valence-electron chi connectivity index (χ3n) is 2.93. The van der Waals surface area contributed by atoms with Crippen LogP contribution in [0, 0.1) is 5.92 Å². The molecule has 0 saturated heterocycles. The highest BCUT2D eigenvalue weighted by Gasteiger charge is 2.25. The molecule has 0 bridgehead atoms. The van der Waals surface area contributed by atoms with Crippen molar-refractivity contribution >= 4 is 23.2 Å². The minimum absolute atomic E-state index is 0.0137. The highest BCUT2D eigenvalue weighted by atomic mass is 32.1. The third-order valence-corrected chi connectivity index (χ3v) is 3.80. The normalized spacial score (nSPS) is 13.8. The summed E-state index contributed by atoms with van der Waals surface area (Å²) in [5.41, 5.74) is 0. The van der Waals surface area contributed by atoms with Gasteiger partial charge in [-0.15, -0.1) is 11.3 Å². The van der Waals surface area contributed by atoms with Crippen LogP contribution in [0.25, 0.3) is 0 Å². The Bertz CT molecular complexity index is 432. The number of carbonyl (C=O) groups excluding carboxylic acids is 2. The second-order valence-electron chi connectivity index (χ2n) is 5.09. The number of rotatable bonds is 7. The molecule has 1 aromatic heterocycles. The number of aliphatic hydroxyl groups is 1. The molecule has 2 amide bonds. The van der Waals surface area contributed by atoms with Crippen molar-refractivity contribution in [3.05, 3.63) is 22.4 Å². The van der Waals surface area contributed by atoms with Crippen LogP contribution in [0.2, 0.25) is 0 Å². The summed E-state index contributed by atoms with van der Waals surface area (Å²) in [4.78, 5) is 24.8. The second kappa shape index (κ2) is 8.01. The predicted molar refractivity (Wildman–Crippen MR) is 79.7 cm³/mol. The number of carbonyl (C=O) groups is 2. The summed E-state index contributed by atoms with van der Waals surface area (Å²) in [5.74, 6) is -0.463. The molecule has 1 heterocycles. The molecule has 6 heteroatoms. The third kappa shape index (κ3) is 4.94. The first kappa shape index (κ1) is 16.7. The Labute approximate surface area is 123 Å². The van der Waals surface area contributed by atoms with Crippen LogP contribution in [-0.4, -0.2) is 35.6 Å². The molecular weight excluding hydrogens is 276 g/mol. The lowest BCUT2D eigenvalue weighted by Crippen LogP contribution is -2.51. The topological polar surface area (TPSA) is 78.4 Å². The van der Waals surface area contributed by atoms with Gasteiger partial charge in [0.2, 0.25) is 5.91 Å². The molecule has 20 heavy (non-hydrogen) atoms. The average molecular weight is 298 g/mol. The monoisotopic (exact) mass is 298 g/mol. The maximum Gasteiger partial charge on any atom is 0.262 e. The Hall–Kier alpha value is -1.40. The van der Waals surface area contributed by atoms with E-state index in [2.05, 4.69) is 10.6 Å².